The van der Waals surface area contributed by atoms with E-state index in [0.29, 0.717) is 18.5 Å². The molecule has 1 fully saturated rings. The maximum atomic E-state index is 12.4. The summed E-state index contributed by atoms with van der Waals surface area (Å²) < 4.78 is 0. The van der Waals surface area contributed by atoms with Crippen LogP contribution in [0.2, 0.25) is 0 Å². The fraction of sp³-hybridized carbons (Fsp3) is 0.333. The molecule has 0 bridgehead atoms. The van der Waals surface area contributed by atoms with Gasteiger partial charge in [-0.2, -0.15) is 0 Å². The number of hydrogen-bond acceptors (Lipinski definition) is 3. The Bertz CT molecular complexity index is 591. The number of fused-ring (bicyclic) bond motifs is 1. The van der Waals surface area contributed by atoms with Crippen LogP contribution in [0.5, 0.6) is 5.75 Å². The minimum atomic E-state index is -0.268. The lowest BCUT2D eigenvalue weighted by atomic mass is 9.82. The zero-order valence-electron chi connectivity index (χ0n) is 10.7. The predicted molar refractivity (Wildman–Crippen MR) is 70.6 cm³/mol. The molecule has 0 aromatic heterocycles. The van der Waals surface area contributed by atoms with Crippen molar-refractivity contribution in [3.05, 3.63) is 35.9 Å². The third kappa shape index (κ3) is 1.75. The lowest BCUT2D eigenvalue weighted by Gasteiger charge is -2.18. The standard InChI is InChI=1S/C15H15NO3/c1-9-6-7-10-11(8-9)15(19)16(14(10)18)12-4-2-3-5-13(12)17/h2-6,10-11,17H,7-8H2,1H3. The largest absolute Gasteiger partial charge is 0.506 e. The average molecular weight is 257 g/mol. The summed E-state index contributed by atoms with van der Waals surface area (Å²) in [6.45, 7) is 1.98. The van der Waals surface area contributed by atoms with Gasteiger partial charge >= 0.3 is 0 Å². The van der Waals surface area contributed by atoms with Crippen molar-refractivity contribution < 1.29 is 14.7 Å². The number of allylic oxidation sites excluding steroid dienone is 2. The highest BCUT2D eigenvalue weighted by Crippen LogP contribution is 2.41. The first-order valence-electron chi connectivity index (χ1n) is 6.41. The van der Waals surface area contributed by atoms with Crippen LogP contribution >= 0.6 is 0 Å². The van der Waals surface area contributed by atoms with Crippen LogP contribution in [0.15, 0.2) is 35.9 Å². The Labute approximate surface area is 111 Å². The second kappa shape index (κ2) is 4.23. The van der Waals surface area contributed by atoms with Gasteiger partial charge in [-0.15, -0.1) is 0 Å². The first-order chi connectivity index (χ1) is 9.09. The lowest BCUT2D eigenvalue weighted by Crippen LogP contribution is -2.30. The van der Waals surface area contributed by atoms with Crippen molar-refractivity contribution in [1.29, 1.82) is 0 Å². The molecule has 0 spiro atoms. The SMILES string of the molecule is CC1=CCC2C(=O)N(c3ccccc3O)C(=O)C2C1. The summed E-state index contributed by atoms with van der Waals surface area (Å²) in [6.07, 6.45) is 3.28. The molecule has 2 atom stereocenters. The molecule has 1 aromatic rings. The average Bonchev–Trinajstić information content (AvgIpc) is 2.63. The summed E-state index contributed by atoms with van der Waals surface area (Å²) in [5, 5.41) is 9.83. The van der Waals surface area contributed by atoms with Crippen LogP contribution < -0.4 is 4.90 Å². The van der Waals surface area contributed by atoms with Gasteiger partial charge in [-0.3, -0.25) is 9.59 Å². The number of amides is 2. The third-order valence-electron chi connectivity index (χ3n) is 3.95. The number of nitrogens with zero attached hydrogens (tertiary/aromatic N) is 1. The van der Waals surface area contributed by atoms with Crippen LogP contribution in [-0.4, -0.2) is 16.9 Å². The first kappa shape index (κ1) is 12.0. The minimum absolute atomic E-state index is 0.0347. The number of anilines is 1. The molecule has 2 amide bonds. The van der Waals surface area contributed by atoms with Gasteiger partial charge in [-0.1, -0.05) is 23.8 Å². The lowest BCUT2D eigenvalue weighted by molar-refractivity contribution is -0.122. The second-order valence-electron chi connectivity index (χ2n) is 5.20. The number of aromatic hydroxyl groups is 1. The Morgan fingerprint density at radius 2 is 1.84 bits per heavy atom. The number of para-hydroxylation sites is 2. The minimum Gasteiger partial charge on any atom is -0.506 e. The molecule has 0 saturated carbocycles. The van der Waals surface area contributed by atoms with E-state index in [0.717, 1.165) is 10.5 Å². The number of carbonyl (C=O) groups is 2. The van der Waals surface area contributed by atoms with Crippen LogP contribution in [0.25, 0.3) is 0 Å². The normalized spacial score (nSPS) is 26.4. The predicted octanol–water partition coefficient (Wildman–Crippen LogP) is 2.24. The summed E-state index contributed by atoms with van der Waals surface area (Å²) in [5.74, 6) is -0.954. The molecule has 1 saturated heterocycles. The number of phenols is 1. The Hall–Kier alpha value is -2.10. The van der Waals surface area contributed by atoms with Crippen LogP contribution in [0.1, 0.15) is 19.8 Å². The van der Waals surface area contributed by atoms with Crippen molar-refractivity contribution in [3.63, 3.8) is 0 Å². The number of imide groups is 1. The van der Waals surface area contributed by atoms with Crippen molar-refractivity contribution in [2.45, 2.75) is 19.8 Å². The number of phenolic OH excluding ortho intramolecular Hbond substituents is 1. The van der Waals surface area contributed by atoms with E-state index in [1.165, 1.54) is 6.07 Å². The van der Waals surface area contributed by atoms with E-state index in [9.17, 15) is 14.7 Å². The van der Waals surface area contributed by atoms with Crippen LogP contribution in [-0.2, 0) is 9.59 Å². The van der Waals surface area contributed by atoms with Gasteiger partial charge in [0.1, 0.15) is 5.75 Å². The topological polar surface area (TPSA) is 57.6 Å². The molecule has 1 heterocycles. The van der Waals surface area contributed by atoms with E-state index in [1.807, 2.05) is 13.0 Å². The van der Waals surface area contributed by atoms with E-state index in [1.54, 1.807) is 18.2 Å². The van der Waals surface area contributed by atoms with E-state index in [-0.39, 0.29) is 29.4 Å². The second-order valence-corrected chi connectivity index (χ2v) is 5.20. The van der Waals surface area contributed by atoms with Crippen molar-refractivity contribution in [2.24, 2.45) is 11.8 Å². The number of benzene rings is 1. The van der Waals surface area contributed by atoms with Crippen molar-refractivity contribution >= 4 is 17.5 Å². The zero-order valence-corrected chi connectivity index (χ0v) is 10.7. The van der Waals surface area contributed by atoms with Gasteiger partial charge in [0.05, 0.1) is 17.5 Å². The molecular weight excluding hydrogens is 242 g/mol. The maximum absolute atomic E-state index is 12.4. The Morgan fingerprint density at radius 3 is 2.58 bits per heavy atom. The smallest absolute Gasteiger partial charge is 0.238 e. The highest BCUT2D eigenvalue weighted by atomic mass is 16.3. The monoisotopic (exact) mass is 257 g/mol. The molecule has 4 nitrogen and oxygen atoms in total. The van der Waals surface area contributed by atoms with E-state index >= 15 is 0 Å². The molecule has 1 N–H and O–H groups in total. The van der Waals surface area contributed by atoms with Gasteiger partial charge in [0.25, 0.3) is 0 Å². The van der Waals surface area contributed by atoms with Gasteiger partial charge in [-0.05, 0) is 31.9 Å². The summed E-state index contributed by atoms with van der Waals surface area (Å²) >= 11 is 0. The molecule has 2 unspecified atom stereocenters. The molecule has 1 aromatic carbocycles. The molecule has 2 aliphatic rings. The number of hydrogen-bond donors (Lipinski definition) is 1. The Kier molecular flexibility index (Phi) is 2.66. The van der Waals surface area contributed by atoms with Crippen LogP contribution in [0, 0.1) is 11.8 Å². The molecule has 1 aliphatic carbocycles. The molecule has 4 heteroatoms. The van der Waals surface area contributed by atoms with E-state index < -0.39 is 0 Å². The van der Waals surface area contributed by atoms with Crippen LogP contribution in [0.4, 0.5) is 5.69 Å². The molecule has 3 rings (SSSR count). The molecule has 19 heavy (non-hydrogen) atoms. The van der Waals surface area contributed by atoms with Gasteiger partial charge in [0.15, 0.2) is 0 Å². The highest BCUT2D eigenvalue weighted by molar-refractivity contribution is 6.22. The quantitative estimate of drug-likeness (QED) is 0.620. The first-order valence-corrected chi connectivity index (χ1v) is 6.41. The zero-order chi connectivity index (χ0) is 13.6. The summed E-state index contributed by atoms with van der Waals surface area (Å²) in [7, 11) is 0. The van der Waals surface area contributed by atoms with Crippen LogP contribution in [0.3, 0.4) is 0 Å². The number of rotatable bonds is 1. The summed E-state index contributed by atoms with van der Waals surface area (Å²) in [5.41, 5.74) is 1.45. The van der Waals surface area contributed by atoms with Crippen molar-refractivity contribution in [1.82, 2.24) is 0 Å². The third-order valence-corrected chi connectivity index (χ3v) is 3.95. The molecular formula is C15H15NO3. The van der Waals surface area contributed by atoms with Gasteiger partial charge in [0, 0.05) is 0 Å². The summed E-state index contributed by atoms with van der Waals surface area (Å²) in [6, 6.07) is 6.47. The Morgan fingerprint density at radius 1 is 1.16 bits per heavy atom. The van der Waals surface area contributed by atoms with Gasteiger partial charge in [-0.25, -0.2) is 4.90 Å². The molecule has 98 valence electrons. The molecule has 1 aliphatic heterocycles. The van der Waals surface area contributed by atoms with E-state index in [2.05, 4.69) is 0 Å². The highest BCUT2D eigenvalue weighted by Gasteiger charge is 2.49. The van der Waals surface area contributed by atoms with Crippen molar-refractivity contribution in [2.75, 3.05) is 4.90 Å². The van der Waals surface area contributed by atoms with E-state index in [4.69, 9.17) is 0 Å². The fourth-order valence-corrected chi connectivity index (χ4v) is 2.93. The fourth-order valence-electron chi connectivity index (χ4n) is 2.93. The number of carbonyl (C=O) groups excluding carboxylic acids is 2. The van der Waals surface area contributed by atoms with Gasteiger partial charge < -0.3 is 5.11 Å². The Balaban J connectivity index is 2.00. The summed E-state index contributed by atoms with van der Waals surface area (Å²) in [4.78, 5) is 25.9. The van der Waals surface area contributed by atoms with Gasteiger partial charge in [0.2, 0.25) is 11.8 Å². The van der Waals surface area contributed by atoms with Crippen molar-refractivity contribution in [3.8, 4) is 5.75 Å². The maximum Gasteiger partial charge on any atom is 0.238 e. The molecule has 0 radical (unpaired) electrons.